The quantitative estimate of drug-likeness (QED) is 0.0283. The average molecular weight is 819 g/mol. The molecule has 0 aliphatic heterocycles. The fraction of sp³-hybridized carbons (Fsp3) is 0.979. The van der Waals surface area contributed by atoms with E-state index in [2.05, 4.69) is 13.8 Å². The van der Waals surface area contributed by atoms with Crippen LogP contribution in [0.3, 0.4) is 0 Å². The highest BCUT2D eigenvalue weighted by molar-refractivity contribution is 7.47. The van der Waals surface area contributed by atoms with Crippen LogP contribution < -0.4 is 0 Å². The number of phosphoric ester groups is 1. The van der Waals surface area contributed by atoms with Gasteiger partial charge in [-0.25, -0.2) is 4.57 Å². The highest BCUT2D eigenvalue weighted by Crippen LogP contribution is 2.43. The Hall–Kier alpha value is -0.500. The van der Waals surface area contributed by atoms with E-state index >= 15 is 0 Å². The molecule has 0 saturated heterocycles. The van der Waals surface area contributed by atoms with E-state index in [1.807, 2.05) is 21.1 Å². The van der Waals surface area contributed by atoms with Crippen molar-refractivity contribution in [3.8, 4) is 0 Å². The van der Waals surface area contributed by atoms with Crippen LogP contribution >= 0.6 is 7.82 Å². The smallest absolute Gasteiger partial charge is 0.457 e. The van der Waals surface area contributed by atoms with Crippen LogP contribution in [0.1, 0.15) is 239 Å². The first-order chi connectivity index (χ1) is 27.1. The zero-order chi connectivity index (χ0) is 41.3. The molecule has 8 nitrogen and oxygen atoms in total. The molecule has 0 bridgehead atoms. The van der Waals surface area contributed by atoms with Gasteiger partial charge in [0.1, 0.15) is 19.3 Å². The number of hydrogen-bond acceptors (Lipinski definition) is 6. The third-order valence-electron chi connectivity index (χ3n) is 10.9. The van der Waals surface area contributed by atoms with E-state index in [1.54, 1.807) is 0 Å². The predicted octanol–water partition coefficient (Wildman–Crippen LogP) is 14.4. The van der Waals surface area contributed by atoms with Gasteiger partial charge in [0, 0.05) is 13.0 Å². The maximum absolute atomic E-state index is 12.7. The summed E-state index contributed by atoms with van der Waals surface area (Å²) in [5.41, 5.74) is 0. The highest BCUT2D eigenvalue weighted by Gasteiger charge is 2.26. The molecule has 9 heteroatoms. The standard InChI is InChI=1S/C47H96NO7P/c1-6-8-10-12-14-16-18-20-21-22-23-24-25-26-27-28-30-32-34-36-38-40-47(49)55-46(45-54-56(50,51)53-43-41-48(3,4)5)44-52-42-39-37-35-33-31-29-19-17-15-13-11-9-7-2/h46H,6-45H2,1-5H3/p+1. The Labute approximate surface area is 348 Å². The highest BCUT2D eigenvalue weighted by atomic mass is 31.2. The Bertz CT molecular complexity index is 868. The topological polar surface area (TPSA) is 91.3 Å². The summed E-state index contributed by atoms with van der Waals surface area (Å²) in [7, 11) is 1.69. The van der Waals surface area contributed by atoms with Crippen LogP contribution in [0.4, 0.5) is 0 Å². The largest absolute Gasteiger partial charge is 0.472 e. The van der Waals surface area contributed by atoms with Gasteiger partial charge in [-0.15, -0.1) is 0 Å². The number of esters is 1. The number of ether oxygens (including phenoxy) is 2. The lowest BCUT2D eigenvalue weighted by molar-refractivity contribution is -0.870. The maximum Gasteiger partial charge on any atom is 0.472 e. The van der Waals surface area contributed by atoms with E-state index in [9.17, 15) is 14.3 Å². The molecule has 0 saturated carbocycles. The average Bonchev–Trinajstić information content (AvgIpc) is 3.15. The zero-order valence-corrected chi connectivity index (χ0v) is 39.0. The van der Waals surface area contributed by atoms with Gasteiger partial charge in [-0.3, -0.25) is 13.8 Å². The van der Waals surface area contributed by atoms with Gasteiger partial charge in [-0.1, -0.05) is 219 Å². The van der Waals surface area contributed by atoms with Crippen molar-refractivity contribution in [2.24, 2.45) is 0 Å². The fourth-order valence-corrected chi connectivity index (χ4v) is 7.89. The van der Waals surface area contributed by atoms with Crippen molar-refractivity contribution in [3.05, 3.63) is 0 Å². The van der Waals surface area contributed by atoms with E-state index in [0.717, 1.165) is 32.1 Å². The lowest BCUT2D eigenvalue weighted by Gasteiger charge is -2.24. The molecule has 2 unspecified atom stereocenters. The molecule has 0 rings (SSSR count). The monoisotopic (exact) mass is 819 g/mol. The summed E-state index contributed by atoms with van der Waals surface area (Å²) in [6, 6.07) is 0. The second kappa shape index (κ2) is 41.2. The first kappa shape index (κ1) is 55.5. The SMILES string of the molecule is CCCCCCCCCCCCCCCCCCCCCCCC(=O)OC(COCCCCCCCCCCCCCCC)COP(=O)(O)OCC[N+](C)(C)C. The Morgan fingerprint density at radius 3 is 1.18 bits per heavy atom. The second-order valence-electron chi connectivity index (χ2n) is 17.9. The molecule has 0 radical (unpaired) electrons. The third kappa shape index (κ3) is 44.6. The van der Waals surface area contributed by atoms with Crippen LogP contribution in [0.15, 0.2) is 0 Å². The van der Waals surface area contributed by atoms with Crippen molar-refractivity contribution < 1.29 is 37.3 Å². The van der Waals surface area contributed by atoms with Crippen LogP contribution in [-0.4, -0.2) is 75.6 Å². The Balaban J connectivity index is 4.08. The molecule has 0 spiro atoms. The molecule has 0 fully saturated rings. The van der Waals surface area contributed by atoms with Crippen LogP contribution in [-0.2, 0) is 27.9 Å². The lowest BCUT2D eigenvalue weighted by atomic mass is 10.0. The normalized spacial score (nSPS) is 13.6. The summed E-state index contributed by atoms with van der Waals surface area (Å²) in [6.07, 6.45) is 44.2. The van der Waals surface area contributed by atoms with Crippen molar-refractivity contribution in [1.29, 1.82) is 0 Å². The van der Waals surface area contributed by atoms with E-state index < -0.39 is 13.9 Å². The second-order valence-corrected chi connectivity index (χ2v) is 19.3. The first-order valence-electron chi connectivity index (χ1n) is 24.3. The third-order valence-corrected chi connectivity index (χ3v) is 11.9. The number of quaternary nitrogens is 1. The molecule has 0 aromatic carbocycles. The van der Waals surface area contributed by atoms with Crippen LogP contribution in [0.5, 0.6) is 0 Å². The van der Waals surface area contributed by atoms with Gasteiger partial charge in [-0.2, -0.15) is 0 Å². The molecule has 0 heterocycles. The van der Waals surface area contributed by atoms with Gasteiger partial charge in [0.05, 0.1) is 34.4 Å². The van der Waals surface area contributed by atoms with Crippen molar-refractivity contribution in [1.82, 2.24) is 0 Å². The molecule has 0 aliphatic carbocycles. The number of phosphoric acid groups is 1. The zero-order valence-electron chi connectivity index (χ0n) is 38.2. The predicted molar refractivity (Wildman–Crippen MR) is 238 cm³/mol. The van der Waals surface area contributed by atoms with Crippen molar-refractivity contribution in [2.75, 3.05) is 54.1 Å². The first-order valence-corrected chi connectivity index (χ1v) is 25.8. The van der Waals surface area contributed by atoms with E-state index in [4.69, 9.17) is 18.5 Å². The molecular weight excluding hydrogens is 721 g/mol. The Kier molecular flexibility index (Phi) is 40.9. The summed E-state index contributed by atoms with van der Waals surface area (Å²) in [5, 5.41) is 0. The van der Waals surface area contributed by atoms with E-state index in [0.29, 0.717) is 24.1 Å². The Morgan fingerprint density at radius 1 is 0.482 bits per heavy atom. The van der Waals surface area contributed by atoms with Crippen molar-refractivity contribution in [2.45, 2.75) is 245 Å². The molecule has 2 atom stereocenters. The Morgan fingerprint density at radius 2 is 0.821 bits per heavy atom. The van der Waals surface area contributed by atoms with Gasteiger partial charge < -0.3 is 18.9 Å². The molecule has 336 valence electrons. The minimum absolute atomic E-state index is 0.0940. The summed E-state index contributed by atoms with van der Waals surface area (Å²) in [5.74, 6) is -0.306. The number of likely N-dealkylation sites (N-methyl/N-ethyl adjacent to an activating group) is 1. The van der Waals surface area contributed by atoms with E-state index in [-0.39, 0.29) is 25.8 Å². The molecule has 1 N–H and O–H groups in total. The maximum atomic E-state index is 12.7. The molecular formula is C47H97NO7P+. The number of unbranched alkanes of at least 4 members (excludes halogenated alkanes) is 32. The molecule has 0 aromatic heterocycles. The van der Waals surface area contributed by atoms with Crippen LogP contribution in [0.2, 0.25) is 0 Å². The summed E-state index contributed by atoms with van der Waals surface area (Å²) >= 11 is 0. The summed E-state index contributed by atoms with van der Waals surface area (Å²) < 4.78 is 35.1. The van der Waals surface area contributed by atoms with Gasteiger partial charge in [-0.05, 0) is 12.8 Å². The van der Waals surface area contributed by atoms with Gasteiger partial charge in [0.15, 0.2) is 0 Å². The van der Waals surface area contributed by atoms with Crippen molar-refractivity contribution in [3.63, 3.8) is 0 Å². The number of rotatable bonds is 46. The summed E-state index contributed by atoms with van der Waals surface area (Å²) in [4.78, 5) is 22.9. The van der Waals surface area contributed by atoms with Crippen LogP contribution in [0.25, 0.3) is 0 Å². The number of hydrogen-bond donors (Lipinski definition) is 1. The molecule has 56 heavy (non-hydrogen) atoms. The van der Waals surface area contributed by atoms with Gasteiger partial charge in [0.25, 0.3) is 0 Å². The van der Waals surface area contributed by atoms with E-state index in [1.165, 1.54) is 186 Å². The molecule has 0 aliphatic rings. The van der Waals surface area contributed by atoms with Crippen LogP contribution in [0, 0.1) is 0 Å². The van der Waals surface area contributed by atoms with Crippen molar-refractivity contribution >= 4 is 13.8 Å². The minimum atomic E-state index is -4.27. The number of carbonyl (C=O) groups excluding carboxylic acids is 1. The number of nitrogens with zero attached hydrogens (tertiary/aromatic N) is 1. The molecule has 0 aromatic rings. The minimum Gasteiger partial charge on any atom is -0.457 e. The summed E-state index contributed by atoms with van der Waals surface area (Å²) in [6.45, 7) is 5.69. The lowest BCUT2D eigenvalue weighted by Crippen LogP contribution is -2.37. The van der Waals surface area contributed by atoms with Gasteiger partial charge >= 0.3 is 13.8 Å². The number of carbonyl (C=O) groups is 1. The van der Waals surface area contributed by atoms with Gasteiger partial charge in [0.2, 0.25) is 0 Å². The molecule has 0 amide bonds. The fourth-order valence-electron chi connectivity index (χ4n) is 7.14.